The summed E-state index contributed by atoms with van der Waals surface area (Å²) in [5.41, 5.74) is -0.961. The summed E-state index contributed by atoms with van der Waals surface area (Å²) in [6, 6.07) is 2.07. The number of hydrogen-bond acceptors (Lipinski definition) is 6. The number of nitrogens with zero attached hydrogens (tertiary/aromatic N) is 1. The molecule has 1 N–H and O–H groups in total. The second-order valence-electron chi connectivity index (χ2n) is 3.66. The second kappa shape index (κ2) is 4.02. The number of non-ortho nitro benzene ring substituents is 1. The quantitative estimate of drug-likeness (QED) is 0.495. The Labute approximate surface area is 100 Å². The third-order valence-corrected chi connectivity index (χ3v) is 2.53. The number of phenols is 1. The van der Waals surface area contributed by atoms with Crippen LogP contribution in [0.2, 0.25) is 0 Å². The number of aromatic hydroxyl groups is 1. The average molecular weight is 251 g/mol. The maximum Gasteiger partial charge on any atom is 0.336 e. The van der Waals surface area contributed by atoms with Crippen LogP contribution in [-0.2, 0) is 0 Å². The molecule has 0 amide bonds. The zero-order valence-electron chi connectivity index (χ0n) is 9.59. The molecule has 0 saturated carbocycles. The smallest absolute Gasteiger partial charge is 0.336 e. The van der Waals surface area contributed by atoms with Crippen LogP contribution in [0.3, 0.4) is 0 Å². The fourth-order valence-electron chi connectivity index (χ4n) is 1.80. The molecule has 1 aromatic carbocycles. The lowest BCUT2D eigenvalue weighted by Crippen LogP contribution is -2.02. The zero-order valence-corrected chi connectivity index (χ0v) is 9.59. The Morgan fingerprint density at radius 1 is 1.44 bits per heavy atom. The first-order chi connectivity index (χ1) is 8.45. The third kappa shape index (κ3) is 1.65. The van der Waals surface area contributed by atoms with E-state index in [0.29, 0.717) is 5.56 Å². The highest BCUT2D eigenvalue weighted by atomic mass is 16.6. The fraction of sp³-hybridized carbons (Fsp3) is 0.182. The highest BCUT2D eigenvalue weighted by Gasteiger charge is 2.23. The molecule has 0 saturated heterocycles. The second-order valence-corrected chi connectivity index (χ2v) is 3.66. The molecule has 1 heterocycles. The first kappa shape index (κ1) is 11.9. The number of aryl methyl sites for hydroxylation is 1. The Morgan fingerprint density at radius 3 is 2.67 bits per heavy atom. The minimum absolute atomic E-state index is 0.0388. The van der Waals surface area contributed by atoms with Crippen molar-refractivity contribution in [1.82, 2.24) is 0 Å². The molecule has 7 nitrogen and oxygen atoms in total. The molecule has 18 heavy (non-hydrogen) atoms. The van der Waals surface area contributed by atoms with Crippen LogP contribution in [-0.4, -0.2) is 17.1 Å². The van der Waals surface area contributed by atoms with Crippen LogP contribution in [0.15, 0.2) is 21.3 Å². The molecule has 0 aliphatic carbocycles. The minimum atomic E-state index is -0.732. The summed E-state index contributed by atoms with van der Waals surface area (Å²) in [4.78, 5) is 21.4. The van der Waals surface area contributed by atoms with Gasteiger partial charge in [-0.2, -0.15) is 0 Å². The number of methoxy groups -OCH3 is 1. The van der Waals surface area contributed by atoms with E-state index in [-0.39, 0.29) is 22.5 Å². The normalized spacial score (nSPS) is 10.6. The first-order valence-corrected chi connectivity index (χ1v) is 4.94. The van der Waals surface area contributed by atoms with E-state index in [2.05, 4.69) is 0 Å². The maximum atomic E-state index is 11.3. The van der Waals surface area contributed by atoms with Crippen molar-refractivity contribution < 1.29 is 19.2 Å². The number of hydrogen-bond donors (Lipinski definition) is 1. The van der Waals surface area contributed by atoms with Gasteiger partial charge in [-0.15, -0.1) is 0 Å². The van der Waals surface area contributed by atoms with Crippen molar-refractivity contribution in [3.63, 3.8) is 0 Å². The third-order valence-electron chi connectivity index (χ3n) is 2.53. The van der Waals surface area contributed by atoms with Crippen LogP contribution in [0.25, 0.3) is 11.0 Å². The predicted octanol–water partition coefficient (Wildman–Crippen LogP) is 1.72. The highest BCUT2D eigenvalue weighted by Crippen LogP contribution is 2.41. The molecular formula is C11H9NO6. The first-order valence-electron chi connectivity index (χ1n) is 4.94. The van der Waals surface area contributed by atoms with Gasteiger partial charge in [-0.3, -0.25) is 10.1 Å². The van der Waals surface area contributed by atoms with Crippen molar-refractivity contribution >= 4 is 16.7 Å². The fourth-order valence-corrected chi connectivity index (χ4v) is 1.80. The van der Waals surface area contributed by atoms with Crippen molar-refractivity contribution in [3.05, 3.63) is 38.2 Å². The van der Waals surface area contributed by atoms with Crippen molar-refractivity contribution in [2.75, 3.05) is 7.11 Å². The summed E-state index contributed by atoms with van der Waals surface area (Å²) >= 11 is 0. The SMILES string of the molecule is COc1c(O)cc([N+](=O)[O-])c2oc(=O)cc(C)c12. The standard InChI is InChI=1S/C11H9NO6/c1-5-3-8(14)18-10-6(12(15)16)4-7(13)11(17-2)9(5)10/h3-4,13H,1-2H3. The average Bonchev–Trinajstić information content (AvgIpc) is 2.28. The van der Waals surface area contributed by atoms with Gasteiger partial charge in [0.1, 0.15) is 0 Å². The van der Waals surface area contributed by atoms with Crippen molar-refractivity contribution in [1.29, 1.82) is 0 Å². The van der Waals surface area contributed by atoms with E-state index >= 15 is 0 Å². The molecule has 0 spiro atoms. The number of nitro groups is 1. The molecule has 2 rings (SSSR count). The lowest BCUT2D eigenvalue weighted by molar-refractivity contribution is -0.383. The van der Waals surface area contributed by atoms with Crippen LogP contribution in [0, 0.1) is 17.0 Å². The monoisotopic (exact) mass is 251 g/mol. The Hall–Kier alpha value is -2.57. The van der Waals surface area contributed by atoms with Gasteiger partial charge in [0.2, 0.25) is 5.58 Å². The molecule has 0 fully saturated rings. The van der Waals surface area contributed by atoms with E-state index in [1.165, 1.54) is 13.2 Å². The Bertz CT molecular complexity index is 703. The lowest BCUT2D eigenvalue weighted by atomic mass is 10.1. The number of ether oxygens (including phenoxy) is 1. The molecule has 1 aromatic heterocycles. The van der Waals surface area contributed by atoms with Crippen LogP contribution >= 0.6 is 0 Å². The molecule has 0 aliphatic rings. The highest BCUT2D eigenvalue weighted by molar-refractivity contribution is 5.95. The number of rotatable bonds is 2. The van der Waals surface area contributed by atoms with Gasteiger partial charge in [0.15, 0.2) is 11.5 Å². The van der Waals surface area contributed by atoms with Gasteiger partial charge in [0.05, 0.1) is 23.5 Å². The van der Waals surface area contributed by atoms with E-state index in [9.17, 15) is 20.0 Å². The van der Waals surface area contributed by atoms with Crippen LogP contribution in [0.1, 0.15) is 5.56 Å². The summed E-state index contributed by atoms with van der Waals surface area (Å²) in [6.07, 6.45) is 0. The summed E-state index contributed by atoms with van der Waals surface area (Å²) in [7, 11) is 1.31. The number of benzene rings is 1. The Balaban J connectivity index is 3.07. The van der Waals surface area contributed by atoms with Gasteiger partial charge < -0.3 is 14.3 Å². The van der Waals surface area contributed by atoms with Crippen LogP contribution < -0.4 is 10.4 Å². The minimum Gasteiger partial charge on any atom is -0.504 e. The van der Waals surface area contributed by atoms with Gasteiger partial charge in [-0.25, -0.2) is 4.79 Å². The number of phenolic OH excluding ortho intramolecular Hbond substituents is 1. The van der Waals surface area contributed by atoms with Crippen molar-refractivity contribution in [2.24, 2.45) is 0 Å². The van der Waals surface area contributed by atoms with E-state index in [1.807, 2.05) is 0 Å². The van der Waals surface area contributed by atoms with E-state index < -0.39 is 16.2 Å². The Kier molecular flexibility index (Phi) is 2.66. The maximum absolute atomic E-state index is 11.3. The molecule has 0 unspecified atom stereocenters. The van der Waals surface area contributed by atoms with Crippen molar-refractivity contribution in [3.8, 4) is 11.5 Å². The van der Waals surface area contributed by atoms with Gasteiger partial charge in [-0.05, 0) is 12.5 Å². The summed E-state index contributed by atoms with van der Waals surface area (Å²) in [6.45, 7) is 1.57. The molecule has 7 heteroatoms. The van der Waals surface area contributed by atoms with Crippen LogP contribution in [0.5, 0.6) is 11.5 Å². The number of fused-ring (bicyclic) bond motifs is 1. The summed E-state index contributed by atoms with van der Waals surface area (Å²) in [5, 5.41) is 20.8. The lowest BCUT2D eigenvalue weighted by Gasteiger charge is -2.08. The number of nitro benzene ring substituents is 1. The summed E-state index contributed by atoms with van der Waals surface area (Å²) < 4.78 is 9.82. The molecule has 0 aliphatic heterocycles. The molecule has 94 valence electrons. The largest absolute Gasteiger partial charge is 0.504 e. The zero-order chi connectivity index (χ0) is 13.4. The molecule has 2 aromatic rings. The van der Waals surface area contributed by atoms with Gasteiger partial charge >= 0.3 is 11.3 Å². The summed E-state index contributed by atoms with van der Waals surface area (Å²) in [5.74, 6) is -0.342. The molecule has 0 atom stereocenters. The van der Waals surface area contributed by atoms with E-state index in [0.717, 1.165) is 6.07 Å². The van der Waals surface area contributed by atoms with Crippen molar-refractivity contribution in [2.45, 2.75) is 6.92 Å². The predicted molar refractivity (Wildman–Crippen MR) is 62.1 cm³/mol. The van der Waals surface area contributed by atoms with E-state index in [4.69, 9.17) is 9.15 Å². The molecular weight excluding hydrogens is 242 g/mol. The molecule has 0 bridgehead atoms. The molecule has 0 radical (unpaired) electrons. The van der Waals surface area contributed by atoms with Crippen LogP contribution in [0.4, 0.5) is 5.69 Å². The topological polar surface area (TPSA) is 103 Å². The van der Waals surface area contributed by atoms with Gasteiger partial charge in [0, 0.05) is 6.07 Å². The van der Waals surface area contributed by atoms with Gasteiger partial charge in [0.25, 0.3) is 0 Å². The Morgan fingerprint density at radius 2 is 2.11 bits per heavy atom. The van der Waals surface area contributed by atoms with Gasteiger partial charge in [-0.1, -0.05) is 0 Å². The van der Waals surface area contributed by atoms with E-state index in [1.54, 1.807) is 6.92 Å².